The molecule has 0 radical (unpaired) electrons. The van der Waals surface area contributed by atoms with E-state index in [0.29, 0.717) is 11.5 Å². The molecule has 1 amide bonds. The van der Waals surface area contributed by atoms with E-state index in [1.807, 2.05) is 4.90 Å². The van der Waals surface area contributed by atoms with Crippen LogP contribution in [0.3, 0.4) is 0 Å². The molecule has 2 rings (SSSR count). The van der Waals surface area contributed by atoms with Crippen LogP contribution < -0.4 is 0 Å². The summed E-state index contributed by atoms with van der Waals surface area (Å²) in [6.45, 7) is 1.53. The number of nitrogens with zero attached hydrogens (tertiary/aromatic N) is 1. The summed E-state index contributed by atoms with van der Waals surface area (Å²) in [6.07, 6.45) is 2.11. The Balaban J connectivity index is 2.11. The van der Waals surface area contributed by atoms with Gasteiger partial charge in [-0.3, -0.25) is 4.79 Å². The Morgan fingerprint density at radius 2 is 2.28 bits per heavy atom. The molecule has 0 aliphatic carbocycles. The van der Waals surface area contributed by atoms with E-state index in [1.165, 1.54) is 6.07 Å². The summed E-state index contributed by atoms with van der Waals surface area (Å²) in [4.78, 5) is 14.1. The maximum absolute atomic E-state index is 13.4. The number of halogens is 3. The minimum atomic E-state index is -0.392. The Kier molecular flexibility index (Phi) is 4.78. The van der Waals surface area contributed by atoms with Gasteiger partial charge in [-0.05, 0) is 46.8 Å². The molecule has 1 atom stereocenters. The molecule has 18 heavy (non-hydrogen) atoms. The van der Waals surface area contributed by atoms with Crippen LogP contribution in [0.15, 0.2) is 22.7 Å². The van der Waals surface area contributed by atoms with Crippen molar-refractivity contribution in [3.05, 3.63) is 34.1 Å². The lowest BCUT2D eigenvalue weighted by Gasteiger charge is -2.17. The van der Waals surface area contributed by atoms with Crippen LogP contribution in [-0.4, -0.2) is 29.2 Å². The van der Waals surface area contributed by atoms with Crippen LogP contribution in [0.25, 0.3) is 0 Å². The van der Waals surface area contributed by atoms with Crippen LogP contribution in [0.1, 0.15) is 23.2 Å². The molecule has 1 fully saturated rings. The molecule has 1 aliphatic rings. The lowest BCUT2D eigenvalue weighted by molar-refractivity contribution is 0.0785. The van der Waals surface area contributed by atoms with Gasteiger partial charge >= 0.3 is 0 Å². The van der Waals surface area contributed by atoms with E-state index in [4.69, 9.17) is 0 Å². The number of rotatable bonds is 3. The van der Waals surface area contributed by atoms with Gasteiger partial charge in [0.1, 0.15) is 5.82 Å². The highest BCUT2D eigenvalue weighted by molar-refractivity contribution is 9.10. The molecule has 1 saturated heterocycles. The van der Waals surface area contributed by atoms with Crippen LogP contribution in [-0.2, 0) is 0 Å². The maximum atomic E-state index is 13.4. The number of likely N-dealkylation sites (tertiary alicyclic amines) is 1. The Morgan fingerprint density at radius 3 is 3.00 bits per heavy atom. The highest BCUT2D eigenvalue weighted by Gasteiger charge is 2.27. The van der Waals surface area contributed by atoms with Gasteiger partial charge in [-0.1, -0.05) is 22.0 Å². The summed E-state index contributed by atoms with van der Waals surface area (Å²) < 4.78 is 13.7. The first-order chi connectivity index (χ1) is 8.63. The second kappa shape index (κ2) is 6.15. The molecule has 0 bridgehead atoms. The predicted molar refractivity (Wildman–Crippen MR) is 76.5 cm³/mol. The molecule has 0 N–H and O–H groups in total. The molecule has 98 valence electrons. The van der Waals surface area contributed by atoms with Gasteiger partial charge in [0.2, 0.25) is 0 Å². The molecule has 1 heterocycles. The summed E-state index contributed by atoms with van der Waals surface area (Å²) in [5, 5.41) is 0.962. The number of carbonyl (C=O) groups excluding carboxylic acids is 1. The Hall–Kier alpha value is -0.420. The fourth-order valence-electron chi connectivity index (χ4n) is 2.25. The van der Waals surface area contributed by atoms with Gasteiger partial charge in [-0.15, -0.1) is 0 Å². The molecular formula is C13H14Br2FNO. The second-order valence-corrected chi connectivity index (χ2v) is 6.07. The van der Waals surface area contributed by atoms with E-state index < -0.39 is 5.82 Å². The van der Waals surface area contributed by atoms with Gasteiger partial charge in [-0.2, -0.15) is 0 Å². The minimum Gasteiger partial charge on any atom is -0.338 e. The normalized spacial score (nSPS) is 19.3. The third kappa shape index (κ3) is 2.94. The fourth-order valence-corrected chi connectivity index (χ4v) is 3.33. The lowest BCUT2D eigenvalue weighted by Crippen LogP contribution is -2.29. The first-order valence-electron chi connectivity index (χ1n) is 5.92. The molecule has 2 nitrogen and oxygen atoms in total. The fraction of sp³-hybridized carbons (Fsp3) is 0.462. The SMILES string of the molecule is O=C(c1cccc(F)c1Br)N1CCC(CCBr)C1. The van der Waals surface area contributed by atoms with Gasteiger partial charge < -0.3 is 4.90 Å². The van der Waals surface area contributed by atoms with Gasteiger partial charge in [0, 0.05) is 18.4 Å². The van der Waals surface area contributed by atoms with Crippen LogP contribution in [0.2, 0.25) is 0 Å². The molecule has 0 spiro atoms. The molecule has 1 aliphatic heterocycles. The van der Waals surface area contributed by atoms with Crippen LogP contribution in [0.4, 0.5) is 4.39 Å². The number of hydrogen-bond donors (Lipinski definition) is 0. The quantitative estimate of drug-likeness (QED) is 0.732. The summed E-state index contributed by atoms with van der Waals surface area (Å²) >= 11 is 6.57. The summed E-state index contributed by atoms with van der Waals surface area (Å²) in [6, 6.07) is 4.57. The van der Waals surface area contributed by atoms with Crippen molar-refractivity contribution in [1.82, 2.24) is 4.90 Å². The third-order valence-electron chi connectivity index (χ3n) is 3.27. The van der Waals surface area contributed by atoms with Crippen molar-refractivity contribution in [3.8, 4) is 0 Å². The number of carbonyl (C=O) groups is 1. The van der Waals surface area contributed by atoms with Crippen molar-refractivity contribution in [2.75, 3.05) is 18.4 Å². The van der Waals surface area contributed by atoms with E-state index in [-0.39, 0.29) is 10.4 Å². The van der Waals surface area contributed by atoms with E-state index in [9.17, 15) is 9.18 Å². The molecular weight excluding hydrogens is 365 g/mol. The number of amides is 1. The summed E-state index contributed by atoms with van der Waals surface area (Å²) in [7, 11) is 0. The first kappa shape index (κ1) is 14.0. The largest absolute Gasteiger partial charge is 0.338 e. The van der Waals surface area contributed by atoms with Crippen molar-refractivity contribution in [2.45, 2.75) is 12.8 Å². The standard InChI is InChI=1S/C13H14Br2FNO/c14-6-4-9-5-7-17(8-9)13(18)10-2-1-3-11(16)12(10)15/h1-3,9H,4-8H2. The second-order valence-electron chi connectivity index (χ2n) is 4.48. The van der Waals surface area contributed by atoms with Gasteiger partial charge in [0.15, 0.2) is 0 Å². The highest BCUT2D eigenvalue weighted by Crippen LogP contribution is 2.26. The van der Waals surface area contributed by atoms with Crippen LogP contribution in [0, 0.1) is 11.7 Å². The zero-order chi connectivity index (χ0) is 13.1. The summed E-state index contributed by atoms with van der Waals surface area (Å²) in [5.41, 5.74) is 0.412. The van der Waals surface area contributed by atoms with Crippen LogP contribution >= 0.6 is 31.9 Å². The van der Waals surface area contributed by atoms with Crippen molar-refractivity contribution in [2.24, 2.45) is 5.92 Å². The van der Waals surface area contributed by atoms with Gasteiger partial charge in [0.05, 0.1) is 10.0 Å². The molecule has 0 saturated carbocycles. The Morgan fingerprint density at radius 1 is 1.50 bits per heavy atom. The smallest absolute Gasteiger partial charge is 0.255 e. The van der Waals surface area contributed by atoms with Crippen molar-refractivity contribution >= 4 is 37.8 Å². The monoisotopic (exact) mass is 377 g/mol. The molecule has 1 unspecified atom stereocenters. The van der Waals surface area contributed by atoms with Crippen LogP contribution in [0.5, 0.6) is 0 Å². The molecule has 1 aromatic rings. The van der Waals surface area contributed by atoms with E-state index in [0.717, 1.165) is 31.3 Å². The number of benzene rings is 1. The van der Waals surface area contributed by atoms with E-state index in [1.54, 1.807) is 12.1 Å². The zero-order valence-corrected chi connectivity index (χ0v) is 13.0. The highest BCUT2D eigenvalue weighted by atomic mass is 79.9. The molecule has 5 heteroatoms. The predicted octanol–water partition coefficient (Wildman–Crippen LogP) is 3.84. The topological polar surface area (TPSA) is 20.3 Å². The zero-order valence-electron chi connectivity index (χ0n) is 9.83. The van der Waals surface area contributed by atoms with Gasteiger partial charge in [-0.25, -0.2) is 4.39 Å². The van der Waals surface area contributed by atoms with Crippen molar-refractivity contribution in [1.29, 1.82) is 0 Å². The molecule has 0 aromatic heterocycles. The average Bonchev–Trinajstić information content (AvgIpc) is 2.81. The Bertz CT molecular complexity index is 453. The van der Waals surface area contributed by atoms with Gasteiger partial charge in [0.25, 0.3) is 5.91 Å². The number of hydrogen-bond acceptors (Lipinski definition) is 1. The van der Waals surface area contributed by atoms with Crippen molar-refractivity contribution in [3.63, 3.8) is 0 Å². The maximum Gasteiger partial charge on any atom is 0.255 e. The first-order valence-corrected chi connectivity index (χ1v) is 7.84. The van der Waals surface area contributed by atoms with E-state index >= 15 is 0 Å². The Labute approximate surface area is 123 Å². The molecule has 1 aromatic carbocycles. The lowest BCUT2D eigenvalue weighted by atomic mass is 10.1. The minimum absolute atomic E-state index is 0.0848. The van der Waals surface area contributed by atoms with Crippen molar-refractivity contribution < 1.29 is 9.18 Å². The van der Waals surface area contributed by atoms with E-state index in [2.05, 4.69) is 31.9 Å². The average molecular weight is 379 g/mol. The third-order valence-corrected chi connectivity index (χ3v) is 4.54. The number of alkyl halides is 1. The summed E-state index contributed by atoms with van der Waals surface area (Å²) in [5.74, 6) is 0.0798.